The Hall–Kier alpha value is -0.830. The summed E-state index contributed by atoms with van der Waals surface area (Å²) in [5.74, 6) is 0.124. The summed E-state index contributed by atoms with van der Waals surface area (Å²) in [6, 6.07) is 1.92. The van der Waals surface area contributed by atoms with Crippen LogP contribution in [0.15, 0.2) is 11.4 Å². The van der Waals surface area contributed by atoms with Gasteiger partial charge in [0.05, 0.1) is 11.1 Å². The molecule has 2 heterocycles. The largest absolute Gasteiger partial charge is 0.342 e. The zero-order valence-electron chi connectivity index (χ0n) is 5.89. The van der Waals surface area contributed by atoms with Crippen molar-refractivity contribution in [2.45, 2.75) is 18.4 Å². The molecule has 1 aromatic heterocycles. The third kappa shape index (κ3) is 0.554. The molecule has 0 radical (unpaired) electrons. The van der Waals surface area contributed by atoms with Crippen LogP contribution in [0.25, 0.3) is 0 Å². The van der Waals surface area contributed by atoms with Crippen LogP contribution in [-0.4, -0.2) is 5.91 Å². The summed E-state index contributed by atoms with van der Waals surface area (Å²) >= 11 is 1.70. The average molecular weight is 165 g/mol. The van der Waals surface area contributed by atoms with E-state index in [1.54, 1.807) is 11.3 Å². The zero-order chi connectivity index (χ0) is 7.47. The highest BCUT2D eigenvalue weighted by molar-refractivity contribution is 7.10. The van der Waals surface area contributed by atoms with E-state index in [1.807, 2.05) is 11.4 Å². The van der Waals surface area contributed by atoms with Crippen LogP contribution in [0.4, 0.5) is 0 Å². The molecule has 1 aliphatic carbocycles. The fraction of sp³-hybridized carbons (Fsp3) is 0.375. The van der Waals surface area contributed by atoms with Crippen LogP contribution in [0.3, 0.4) is 0 Å². The predicted octanol–water partition coefficient (Wildman–Crippen LogP) is 1.48. The molecular weight excluding hydrogens is 158 g/mol. The summed E-state index contributed by atoms with van der Waals surface area (Å²) in [5.41, 5.74) is 1.01. The number of hydrogen-bond acceptors (Lipinski definition) is 2. The van der Waals surface area contributed by atoms with Gasteiger partial charge in [0, 0.05) is 4.88 Å². The number of fused-ring (bicyclic) bond motifs is 2. The van der Waals surface area contributed by atoms with E-state index < -0.39 is 0 Å². The lowest BCUT2D eigenvalue weighted by Crippen LogP contribution is -2.25. The highest BCUT2D eigenvalue weighted by Gasteiger charge is 2.52. The first-order valence-electron chi connectivity index (χ1n) is 3.72. The molecule has 1 saturated carbocycles. The maximum absolute atomic E-state index is 11.3. The lowest BCUT2D eigenvalue weighted by molar-refractivity contribution is 0.0952. The Kier molecular flexibility index (Phi) is 0.790. The van der Waals surface area contributed by atoms with Crippen molar-refractivity contribution in [3.05, 3.63) is 21.9 Å². The van der Waals surface area contributed by atoms with Crippen LogP contribution in [0.1, 0.15) is 28.1 Å². The SMILES string of the molecule is O=C1NC2(CC2)c2sccc21. The second kappa shape index (κ2) is 1.50. The highest BCUT2D eigenvalue weighted by atomic mass is 32.1. The number of thiophene rings is 1. The van der Waals surface area contributed by atoms with Gasteiger partial charge in [-0.1, -0.05) is 0 Å². The molecule has 1 fully saturated rings. The van der Waals surface area contributed by atoms with E-state index in [-0.39, 0.29) is 11.4 Å². The number of carbonyl (C=O) groups excluding carboxylic acids is 1. The molecule has 1 N–H and O–H groups in total. The van der Waals surface area contributed by atoms with Gasteiger partial charge >= 0.3 is 0 Å². The summed E-state index contributed by atoms with van der Waals surface area (Å²) in [7, 11) is 0. The molecule has 2 aliphatic rings. The third-order valence-corrected chi connectivity index (χ3v) is 3.57. The van der Waals surface area contributed by atoms with Crippen molar-refractivity contribution in [1.29, 1.82) is 0 Å². The van der Waals surface area contributed by atoms with E-state index in [2.05, 4.69) is 5.32 Å². The smallest absolute Gasteiger partial charge is 0.253 e. The zero-order valence-corrected chi connectivity index (χ0v) is 6.70. The van der Waals surface area contributed by atoms with Gasteiger partial charge in [-0.3, -0.25) is 4.79 Å². The first kappa shape index (κ1) is 5.77. The van der Waals surface area contributed by atoms with Gasteiger partial charge in [0.25, 0.3) is 5.91 Å². The van der Waals surface area contributed by atoms with E-state index >= 15 is 0 Å². The molecule has 2 nitrogen and oxygen atoms in total. The molecule has 0 atom stereocenters. The Bertz CT molecular complexity index is 338. The third-order valence-electron chi connectivity index (χ3n) is 2.45. The fourth-order valence-corrected chi connectivity index (χ4v) is 2.79. The van der Waals surface area contributed by atoms with E-state index in [4.69, 9.17) is 0 Å². The van der Waals surface area contributed by atoms with Crippen LogP contribution in [0.5, 0.6) is 0 Å². The van der Waals surface area contributed by atoms with Crippen LogP contribution in [-0.2, 0) is 5.54 Å². The van der Waals surface area contributed by atoms with Crippen molar-refractivity contribution in [2.75, 3.05) is 0 Å². The van der Waals surface area contributed by atoms with Crippen molar-refractivity contribution in [2.24, 2.45) is 0 Å². The van der Waals surface area contributed by atoms with Gasteiger partial charge in [-0.2, -0.15) is 0 Å². The van der Waals surface area contributed by atoms with Gasteiger partial charge in [-0.05, 0) is 24.3 Å². The van der Waals surface area contributed by atoms with Crippen LogP contribution < -0.4 is 5.32 Å². The van der Waals surface area contributed by atoms with Gasteiger partial charge in [0.1, 0.15) is 0 Å². The molecule has 1 spiro atoms. The van der Waals surface area contributed by atoms with E-state index in [0.29, 0.717) is 0 Å². The summed E-state index contributed by atoms with van der Waals surface area (Å²) in [5, 5.41) is 5.02. The fourth-order valence-electron chi connectivity index (χ4n) is 1.68. The second-order valence-electron chi connectivity index (χ2n) is 3.20. The Morgan fingerprint density at radius 2 is 2.36 bits per heavy atom. The van der Waals surface area contributed by atoms with Crippen molar-refractivity contribution >= 4 is 17.2 Å². The second-order valence-corrected chi connectivity index (χ2v) is 4.12. The van der Waals surface area contributed by atoms with Crippen molar-refractivity contribution < 1.29 is 4.79 Å². The molecule has 0 bridgehead atoms. The summed E-state index contributed by atoms with van der Waals surface area (Å²) in [6.07, 6.45) is 2.26. The lowest BCUT2D eigenvalue weighted by Gasteiger charge is -2.04. The van der Waals surface area contributed by atoms with E-state index in [1.165, 1.54) is 4.88 Å². The number of rotatable bonds is 0. The summed E-state index contributed by atoms with van der Waals surface area (Å²) < 4.78 is 0. The minimum absolute atomic E-state index is 0.0978. The number of amides is 1. The van der Waals surface area contributed by atoms with Gasteiger partial charge < -0.3 is 5.32 Å². The molecule has 3 rings (SSSR count). The Morgan fingerprint density at radius 3 is 3.09 bits per heavy atom. The first-order chi connectivity index (χ1) is 5.32. The molecule has 1 aromatic rings. The van der Waals surface area contributed by atoms with Gasteiger partial charge in [-0.25, -0.2) is 0 Å². The Balaban J connectivity index is 2.28. The topological polar surface area (TPSA) is 29.1 Å². The van der Waals surface area contributed by atoms with Gasteiger partial charge in [0.15, 0.2) is 0 Å². The molecule has 1 aliphatic heterocycles. The number of carbonyl (C=O) groups is 1. The molecule has 0 unspecified atom stereocenters. The number of nitrogens with one attached hydrogen (secondary N) is 1. The van der Waals surface area contributed by atoms with E-state index in [9.17, 15) is 4.79 Å². The van der Waals surface area contributed by atoms with Crippen LogP contribution in [0.2, 0.25) is 0 Å². The molecule has 0 saturated heterocycles. The Morgan fingerprint density at radius 1 is 1.55 bits per heavy atom. The van der Waals surface area contributed by atoms with E-state index in [0.717, 1.165) is 18.4 Å². The molecular formula is C8H7NOS. The van der Waals surface area contributed by atoms with Crippen LogP contribution in [0, 0.1) is 0 Å². The van der Waals surface area contributed by atoms with Crippen molar-refractivity contribution in [3.8, 4) is 0 Å². The molecule has 1 amide bonds. The Labute approximate surface area is 68.2 Å². The maximum atomic E-state index is 11.3. The highest BCUT2D eigenvalue weighted by Crippen LogP contribution is 2.52. The van der Waals surface area contributed by atoms with Gasteiger partial charge in [0.2, 0.25) is 0 Å². The van der Waals surface area contributed by atoms with Gasteiger partial charge in [-0.15, -0.1) is 11.3 Å². The molecule has 0 aromatic carbocycles. The molecule has 56 valence electrons. The minimum Gasteiger partial charge on any atom is -0.342 e. The van der Waals surface area contributed by atoms with Crippen molar-refractivity contribution in [1.82, 2.24) is 5.32 Å². The predicted molar refractivity (Wildman–Crippen MR) is 42.7 cm³/mol. The lowest BCUT2D eigenvalue weighted by atomic mass is 10.2. The van der Waals surface area contributed by atoms with Crippen LogP contribution >= 0.6 is 11.3 Å². The monoisotopic (exact) mass is 165 g/mol. The quantitative estimate of drug-likeness (QED) is 0.620. The maximum Gasteiger partial charge on any atom is 0.253 e. The normalized spacial score (nSPS) is 23.5. The molecule has 11 heavy (non-hydrogen) atoms. The average Bonchev–Trinajstić information content (AvgIpc) is 2.52. The van der Waals surface area contributed by atoms with Crippen molar-refractivity contribution in [3.63, 3.8) is 0 Å². The minimum atomic E-state index is 0.0978. The molecule has 3 heteroatoms. The summed E-state index contributed by atoms with van der Waals surface area (Å²) in [6.45, 7) is 0. The summed E-state index contributed by atoms with van der Waals surface area (Å²) in [4.78, 5) is 12.5. The first-order valence-corrected chi connectivity index (χ1v) is 4.60. The number of hydrogen-bond donors (Lipinski definition) is 1. The standard InChI is InChI=1S/C8H7NOS/c10-7-5-1-4-11-6(5)8(9-7)2-3-8/h1,4H,2-3H2,(H,9,10).